The van der Waals surface area contributed by atoms with Gasteiger partial charge in [0.1, 0.15) is 0 Å². The molecule has 1 aliphatic rings. The minimum atomic E-state index is 0.0653. The second-order valence-electron chi connectivity index (χ2n) is 7.55. The lowest BCUT2D eigenvalue weighted by Crippen LogP contribution is -2.38. The maximum absolute atomic E-state index is 12.3. The van der Waals surface area contributed by atoms with E-state index in [1.54, 1.807) is 0 Å². The summed E-state index contributed by atoms with van der Waals surface area (Å²) in [6, 6.07) is 10.2. The van der Waals surface area contributed by atoms with Crippen molar-refractivity contribution < 1.29 is 9.59 Å². The Hall–Kier alpha value is -1.84. The Morgan fingerprint density at radius 1 is 0.920 bits per heavy atom. The van der Waals surface area contributed by atoms with Gasteiger partial charge in [-0.05, 0) is 50.0 Å². The second kappa shape index (κ2) is 10.2. The molecule has 0 aromatic heterocycles. The van der Waals surface area contributed by atoms with Gasteiger partial charge in [-0.1, -0.05) is 44.2 Å². The first-order valence-electron chi connectivity index (χ1n) is 9.65. The van der Waals surface area contributed by atoms with Gasteiger partial charge < -0.3 is 10.6 Å². The molecule has 0 radical (unpaired) electrons. The van der Waals surface area contributed by atoms with Gasteiger partial charge in [-0.25, -0.2) is 0 Å². The highest BCUT2D eigenvalue weighted by Gasteiger charge is 2.29. The first-order valence-corrected chi connectivity index (χ1v) is 9.65. The van der Waals surface area contributed by atoms with Crippen LogP contribution in [0.15, 0.2) is 30.3 Å². The van der Waals surface area contributed by atoms with Gasteiger partial charge in [0, 0.05) is 24.9 Å². The van der Waals surface area contributed by atoms with Crippen LogP contribution in [0.2, 0.25) is 0 Å². The third kappa shape index (κ3) is 6.89. The monoisotopic (exact) mass is 344 g/mol. The molecule has 138 valence electrons. The molecule has 1 aromatic carbocycles. The highest BCUT2D eigenvalue weighted by atomic mass is 16.2. The molecule has 1 aromatic rings. The Labute approximate surface area is 151 Å². The minimum Gasteiger partial charge on any atom is -0.356 e. The molecule has 4 nitrogen and oxygen atoms in total. The quantitative estimate of drug-likeness (QED) is 0.760. The van der Waals surface area contributed by atoms with Crippen LogP contribution in [0, 0.1) is 17.8 Å². The molecule has 2 rings (SSSR count). The second-order valence-corrected chi connectivity index (χ2v) is 7.55. The molecule has 1 aliphatic carbocycles. The number of nitrogens with one attached hydrogen (secondary N) is 2. The van der Waals surface area contributed by atoms with Crippen LogP contribution in [0.4, 0.5) is 0 Å². The smallest absolute Gasteiger partial charge is 0.223 e. The zero-order valence-electron chi connectivity index (χ0n) is 15.6. The predicted molar refractivity (Wildman–Crippen MR) is 101 cm³/mol. The molecule has 25 heavy (non-hydrogen) atoms. The SMILES string of the molecule is CC(C)CCNC(=O)C1CCC(C(=O)NCCc2ccccc2)CC1. The molecular weight excluding hydrogens is 312 g/mol. The summed E-state index contributed by atoms with van der Waals surface area (Å²) in [5.41, 5.74) is 1.24. The van der Waals surface area contributed by atoms with Crippen molar-refractivity contribution in [3.05, 3.63) is 35.9 Å². The molecular formula is C21H32N2O2. The number of amides is 2. The summed E-state index contributed by atoms with van der Waals surface area (Å²) in [7, 11) is 0. The van der Waals surface area contributed by atoms with Gasteiger partial charge in [-0.15, -0.1) is 0 Å². The third-order valence-electron chi connectivity index (χ3n) is 5.05. The van der Waals surface area contributed by atoms with Crippen molar-refractivity contribution >= 4 is 11.8 Å². The highest BCUT2D eigenvalue weighted by molar-refractivity contribution is 5.81. The summed E-state index contributed by atoms with van der Waals surface area (Å²) in [4.78, 5) is 24.5. The fourth-order valence-electron chi connectivity index (χ4n) is 3.37. The Kier molecular flexibility index (Phi) is 7.96. The van der Waals surface area contributed by atoms with Crippen LogP contribution in [0.25, 0.3) is 0 Å². The van der Waals surface area contributed by atoms with Gasteiger partial charge in [0.2, 0.25) is 11.8 Å². The van der Waals surface area contributed by atoms with Crippen LogP contribution in [-0.2, 0) is 16.0 Å². The van der Waals surface area contributed by atoms with Crippen molar-refractivity contribution in [3.8, 4) is 0 Å². The van der Waals surface area contributed by atoms with E-state index in [-0.39, 0.29) is 23.7 Å². The maximum atomic E-state index is 12.3. The number of hydrogen-bond acceptors (Lipinski definition) is 2. The Morgan fingerprint density at radius 3 is 1.96 bits per heavy atom. The van der Waals surface area contributed by atoms with Gasteiger partial charge >= 0.3 is 0 Å². The van der Waals surface area contributed by atoms with Crippen molar-refractivity contribution in [1.82, 2.24) is 10.6 Å². The average molecular weight is 344 g/mol. The molecule has 2 amide bonds. The number of benzene rings is 1. The lowest BCUT2D eigenvalue weighted by Gasteiger charge is -2.27. The molecule has 2 N–H and O–H groups in total. The van der Waals surface area contributed by atoms with E-state index >= 15 is 0 Å². The van der Waals surface area contributed by atoms with Crippen molar-refractivity contribution in [3.63, 3.8) is 0 Å². The molecule has 0 saturated heterocycles. The molecule has 0 aliphatic heterocycles. The van der Waals surface area contributed by atoms with E-state index in [4.69, 9.17) is 0 Å². The molecule has 0 bridgehead atoms. The van der Waals surface area contributed by atoms with E-state index in [0.717, 1.165) is 45.1 Å². The zero-order valence-corrected chi connectivity index (χ0v) is 15.6. The first kappa shape index (κ1) is 19.5. The molecule has 0 spiro atoms. The summed E-state index contributed by atoms with van der Waals surface area (Å²) in [6.07, 6.45) is 5.17. The lowest BCUT2D eigenvalue weighted by atomic mass is 9.81. The van der Waals surface area contributed by atoms with Crippen molar-refractivity contribution in [2.75, 3.05) is 13.1 Å². The molecule has 1 saturated carbocycles. The normalized spacial score (nSPS) is 20.3. The number of carbonyl (C=O) groups excluding carboxylic acids is 2. The van der Waals surface area contributed by atoms with E-state index in [0.29, 0.717) is 12.5 Å². The molecule has 4 heteroatoms. The van der Waals surface area contributed by atoms with Gasteiger partial charge in [-0.2, -0.15) is 0 Å². The van der Waals surface area contributed by atoms with E-state index in [9.17, 15) is 9.59 Å². The van der Waals surface area contributed by atoms with Crippen LogP contribution < -0.4 is 10.6 Å². The maximum Gasteiger partial charge on any atom is 0.223 e. The lowest BCUT2D eigenvalue weighted by molar-refractivity contribution is -0.130. The summed E-state index contributed by atoms with van der Waals surface area (Å²) in [5.74, 6) is 1.07. The Balaban J connectivity index is 1.63. The average Bonchev–Trinajstić information content (AvgIpc) is 2.62. The summed E-state index contributed by atoms with van der Waals surface area (Å²) < 4.78 is 0. The van der Waals surface area contributed by atoms with Crippen LogP contribution in [0.5, 0.6) is 0 Å². The van der Waals surface area contributed by atoms with Crippen LogP contribution in [0.1, 0.15) is 51.5 Å². The summed E-state index contributed by atoms with van der Waals surface area (Å²) in [5, 5.41) is 6.09. The fourth-order valence-corrected chi connectivity index (χ4v) is 3.37. The molecule has 0 unspecified atom stereocenters. The van der Waals surface area contributed by atoms with Gasteiger partial charge in [0.25, 0.3) is 0 Å². The van der Waals surface area contributed by atoms with Gasteiger partial charge in [0.05, 0.1) is 0 Å². The van der Waals surface area contributed by atoms with E-state index in [1.165, 1.54) is 5.56 Å². The predicted octanol–water partition coefficient (Wildman–Crippen LogP) is 3.31. The van der Waals surface area contributed by atoms with Crippen molar-refractivity contribution in [1.29, 1.82) is 0 Å². The molecule has 1 fully saturated rings. The number of rotatable bonds is 8. The largest absolute Gasteiger partial charge is 0.356 e. The first-order chi connectivity index (χ1) is 12.1. The third-order valence-corrected chi connectivity index (χ3v) is 5.05. The van der Waals surface area contributed by atoms with Crippen LogP contribution in [-0.4, -0.2) is 24.9 Å². The van der Waals surface area contributed by atoms with Gasteiger partial charge in [0.15, 0.2) is 0 Å². The van der Waals surface area contributed by atoms with E-state index in [1.807, 2.05) is 18.2 Å². The van der Waals surface area contributed by atoms with Crippen LogP contribution in [0.3, 0.4) is 0 Å². The minimum absolute atomic E-state index is 0.0653. The molecule has 0 heterocycles. The fraction of sp³-hybridized carbons (Fsp3) is 0.619. The number of carbonyl (C=O) groups is 2. The highest BCUT2D eigenvalue weighted by Crippen LogP contribution is 2.29. The summed E-state index contributed by atoms with van der Waals surface area (Å²) in [6.45, 7) is 5.76. The molecule has 0 atom stereocenters. The van der Waals surface area contributed by atoms with Crippen molar-refractivity contribution in [2.24, 2.45) is 17.8 Å². The van der Waals surface area contributed by atoms with Crippen molar-refractivity contribution in [2.45, 2.75) is 52.4 Å². The Bertz CT molecular complexity index is 534. The number of hydrogen-bond donors (Lipinski definition) is 2. The van der Waals surface area contributed by atoms with E-state index < -0.39 is 0 Å². The van der Waals surface area contributed by atoms with E-state index in [2.05, 4.69) is 36.6 Å². The van der Waals surface area contributed by atoms with Crippen LogP contribution >= 0.6 is 0 Å². The standard InChI is InChI=1S/C21H32N2O2/c1-16(2)12-14-22-20(24)18-8-10-19(11-9-18)21(25)23-15-13-17-6-4-3-5-7-17/h3-7,16,18-19H,8-15H2,1-2H3,(H,22,24)(H,23,25). The topological polar surface area (TPSA) is 58.2 Å². The zero-order chi connectivity index (χ0) is 18.1. The van der Waals surface area contributed by atoms with Gasteiger partial charge in [-0.3, -0.25) is 9.59 Å². The Morgan fingerprint density at radius 2 is 1.44 bits per heavy atom. The summed E-state index contributed by atoms with van der Waals surface area (Å²) >= 11 is 0.